The molecule has 23 heavy (non-hydrogen) atoms. The molecule has 120 valence electrons. The fourth-order valence-corrected chi connectivity index (χ4v) is 3.97. The van der Waals surface area contributed by atoms with Gasteiger partial charge in [0.2, 0.25) is 10.0 Å². The van der Waals surface area contributed by atoms with Crippen molar-refractivity contribution in [2.45, 2.75) is 0 Å². The summed E-state index contributed by atoms with van der Waals surface area (Å²) in [6.45, 7) is 0. The summed E-state index contributed by atoms with van der Waals surface area (Å²) in [5.74, 6) is -1.73. The number of aromatic nitrogens is 1. The van der Waals surface area contributed by atoms with E-state index in [4.69, 9.17) is 0 Å². The van der Waals surface area contributed by atoms with Crippen molar-refractivity contribution in [2.75, 3.05) is 22.4 Å². The summed E-state index contributed by atoms with van der Waals surface area (Å²) < 4.78 is 25.6. The molecule has 3 rings (SSSR count). The number of benzene rings is 1. The number of carbonyl (C=O) groups is 1. The number of rotatable bonds is 2. The maximum atomic E-state index is 12.5. The first-order valence-corrected chi connectivity index (χ1v) is 9.08. The van der Waals surface area contributed by atoms with Gasteiger partial charge in [-0.2, -0.15) is 0 Å². The van der Waals surface area contributed by atoms with E-state index >= 15 is 0 Å². The quantitative estimate of drug-likeness (QED) is 0.860. The molecule has 7 nitrogen and oxygen atoms in total. The fraction of sp³-hybridized carbons (Fsp3) is 0.143. The third-order valence-corrected chi connectivity index (χ3v) is 5.78. The van der Waals surface area contributed by atoms with Gasteiger partial charge in [0.1, 0.15) is 11.5 Å². The highest BCUT2D eigenvalue weighted by atomic mass is 32.2. The second-order valence-electron chi connectivity index (χ2n) is 4.85. The van der Waals surface area contributed by atoms with E-state index in [1.807, 2.05) is 0 Å². The minimum atomic E-state index is -3.76. The second-order valence-corrected chi connectivity index (χ2v) is 7.75. The highest BCUT2D eigenvalue weighted by Gasteiger charge is 2.32. The van der Waals surface area contributed by atoms with E-state index in [1.165, 1.54) is 24.6 Å². The van der Waals surface area contributed by atoms with Crippen molar-refractivity contribution in [3.05, 3.63) is 47.2 Å². The molecule has 0 fully saturated rings. The number of nitrogens with one attached hydrogen (secondary N) is 1. The van der Waals surface area contributed by atoms with Crippen LogP contribution < -0.4 is 9.62 Å². The Balaban J connectivity index is 2.13. The van der Waals surface area contributed by atoms with Gasteiger partial charge >= 0.3 is 0 Å². The van der Waals surface area contributed by atoms with Crippen LogP contribution in [0.3, 0.4) is 0 Å². The minimum Gasteiger partial charge on any atom is -0.510 e. The molecule has 1 aromatic carbocycles. The Bertz CT molecular complexity index is 889. The van der Waals surface area contributed by atoms with Crippen molar-refractivity contribution in [3.8, 4) is 0 Å². The van der Waals surface area contributed by atoms with E-state index in [0.29, 0.717) is 16.4 Å². The molecule has 0 bridgehead atoms. The number of carbonyl (C=O) groups excluding carboxylic acids is 1. The summed E-state index contributed by atoms with van der Waals surface area (Å²) in [7, 11) is -2.36. The molecule has 1 aliphatic heterocycles. The maximum absolute atomic E-state index is 12.5. The second kappa shape index (κ2) is 5.67. The molecule has 1 aliphatic rings. The van der Waals surface area contributed by atoms with Crippen LogP contribution in [-0.4, -0.2) is 37.2 Å². The van der Waals surface area contributed by atoms with Crippen LogP contribution in [0.15, 0.2) is 41.6 Å². The van der Waals surface area contributed by atoms with Gasteiger partial charge in [0, 0.05) is 24.2 Å². The summed E-state index contributed by atoms with van der Waals surface area (Å²) >= 11 is 1.23. The van der Waals surface area contributed by atoms with E-state index in [0.717, 1.165) is 4.31 Å². The van der Waals surface area contributed by atoms with Crippen LogP contribution in [0.5, 0.6) is 0 Å². The first-order valence-electron chi connectivity index (χ1n) is 6.59. The lowest BCUT2D eigenvalue weighted by molar-refractivity contribution is -0.111. The van der Waals surface area contributed by atoms with Crippen LogP contribution >= 0.6 is 11.3 Å². The SMILES string of the molecule is CN1c2ccccc2C(C(=O)Nc2nccs2)=C(O)CS1(=O)=O. The number of para-hydroxylation sites is 1. The maximum Gasteiger partial charge on any atom is 0.261 e. The zero-order valence-electron chi connectivity index (χ0n) is 12.1. The highest BCUT2D eigenvalue weighted by molar-refractivity contribution is 7.93. The highest BCUT2D eigenvalue weighted by Crippen LogP contribution is 2.34. The molecule has 1 aromatic heterocycles. The summed E-state index contributed by atoms with van der Waals surface area (Å²) in [5.41, 5.74) is 0.618. The van der Waals surface area contributed by atoms with Gasteiger partial charge in [-0.1, -0.05) is 18.2 Å². The Morgan fingerprint density at radius 1 is 1.39 bits per heavy atom. The third-order valence-electron chi connectivity index (χ3n) is 3.42. The first kappa shape index (κ1) is 15.5. The van der Waals surface area contributed by atoms with E-state index in [9.17, 15) is 18.3 Å². The molecular weight excluding hydrogens is 338 g/mol. The van der Waals surface area contributed by atoms with Crippen molar-refractivity contribution in [3.63, 3.8) is 0 Å². The lowest BCUT2D eigenvalue weighted by atomic mass is 10.0. The molecule has 2 heterocycles. The van der Waals surface area contributed by atoms with Crippen LogP contribution in [-0.2, 0) is 14.8 Å². The Labute approximate surface area is 137 Å². The topological polar surface area (TPSA) is 99.6 Å². The average molecular weight is 351 g/mol. The van der Waals surface area contributed by atoms with Crippen molar-refractivity contribution in [1.82, 2.24) is 4.98 Å². The number of aliphatic hydroxyl groups is 1. The smallest absolute Gasteiger partial charge is 0.261 e. The van der Waals surface area contributed by atoms with Gasteiger partial charge in [-0.25, -0.2) is 13.4 Å². The van der Waals surface area contributed by atoms with Crippen LogP contribution in [0.2, 0.25) is 0 Å². The molecule has 2 N–H and O–H groups in total. The van der Waals surface area contributed by atoms with Gasteiger partial charge in [0.25, 0.3) is 5.91 Å². The lowest BCUT2D eigenvalue weighted by Crippen LogP contribution is -2.28. The Morgan fingerprint density at radius 2 is 2.13 bits per heavy atom. The van der Waals surface area contributed by atoms with Crippen molar-refractivity contribution >= 4 is 43.7 Å². The van der Waals surface area contributed by atoms with Crippen LogP contribution in [0, 0.1) is 0 Å². The monoisotopic (exact) mass is 351 g/mol. The van der Waals surface area contributed by atoms with Crippen molar-refractivity contribution in [2.24, 2.45) is 0 Å². The van der Waals surface area contributed by atoms with E-state index in [1.54, 1.807) is 29.6 Å². The largest absolute Gasteiger partial charge is 0.510 e. The van der Waals surface area contributed by atoms with Crippen LogP contribution in [0.25, 0.3) is 5.57 Å². The molecule has 0 radical (unpaired) electrons. The molecular formula is C14H13N3O4S2. The van der Waals surface area contributed by atoms with Gasteiger partial charge in [0.15, 0.2) is 5.13 Å². The normalized spacial score (nSPS) is 16.7. The van der Waals surface area contributed by atoms with E-state index < -0.39 is 27.4 Å². The summed E-state index contributed by atoms with van der Waals surface area (Å²) in [5, 5.41) is 14.9. The van der Waals surface area contributed by atoms with Gasteiger partial charge in [0.05, 0.1) is 11.3 Å². The number of aliphatic hydroxyl groups excluding tert-OH is 1. The molecule has 0 aliphatic carbocycles. The standard InChI is InChI=1S/C14H13N3O4S2/c1-17-10-5-3-2-4-9(10)12(11(18)8-23(17,20)21)13(19)16-14-15-6-7-22-14/h2-7,18H,8H2,1H3,(H,15,16,19). The molecule has 0 unspecified atom stereocenters. The van der Waals surface area contributed by atoms with Crippen molar-refractivity contribution in [1.29, 1.82) is 0 Å². The summed E-state index contributed by atoms with van der Waals surface area (Å²) in [4.78, 5) is 16.5. The predicted molar refractivity (Wildman–Crippen MR) is 88.9 cm³/mol. The zero-order valence-corrected chi connectivity index (χ0v) is 13.7. The third kappa shape index (κ3) is 2.80. The fourth-order valence-electron chi connectivity index (χ4n) is 2.30. The number of amides is 1. The average Bonchev–Trinajstić information content (AvgIpc) is 2.97. The summed E-state index contributed by atoms with van der Waals surface area (Å²) in [6, 6.07) is 6.53. The zero-order chi connectivity index (χ0) is 16.6. The number of nitrogens with zero attached hydrogens (tertiary/aromatic N) is 2. The van der Waals surface area contributed by atoms with Crippen LogP contribution in [0.1, 0.15) is 5.56 Å². The lowest BCUT2D eigenvalue weighted by Gasteiger charge is -2.19. The van der Waals surface area contributed by atoms with Gasteiger partial charge in [-0.05, 0) is 6.07 Å². The number of thiazole rings is 1. The predicted octanol–water partition coefficient (Wildman–Crippen LogP) is 1.83. The number of sulfonamides is 1. The van der Waals surface area contributed by atoms with Crippen molar-refractivity contribution < 1.29 is 18.3 Å². The van der Waals surface area contributed by atoms with E-state index in [2.05, 4.69) is 10.3 Å². The minimum absolute atomic E-state index is 0.0660. The van der Waals surface area contributed by atoms with Gasteiger partial charge in [-0.3, -0.25) is 14.4 Å². The number of hydrogen-bond acceptors (Lipinski definition) is 6. The molecule has 2 aromatic rings. The summed E-state index contributed by atoms with van der Waals surface area (Å²) in [6.07, 6.45) is 1.54. The number of fused-ring (bicyclic) bond motifs is 1. The van der Waals surface area contributed by atoms with E-state index in [-0.39, 0.29) is 5.57 Å². The molecule has 0 saturated heterocycles. The van der Waals surface area contributed by atoms with Gasteiger partial charge < -0.3 is 5.11 Å². The molecule has 9 heteroatoms. The van der Waals surface area contributed by atoms with Crippen LogP contribution in [0.4, 0.5) is 10.8 Å². The number of anilines is 2. The molecule has 0 atom stereocenters. The first-order chi connectivity index (χ1) is 10.9. The molecule has 1 amide bonds. The Kier molecular flexibility index (Phi) is 3.82. The Hall–Kier alpha value is -2.39. The van der Waals surface area contributed by atoms with Gasteiger partial charge in [-0.15, -0.1) is 11.3 Å². The number of hydrogen-bond donors (Lipinski definition) is 2. The molecule has 0 spiro atoms. The molecule has 0 saturated carbocycles. The Morgan fingerprint density at radius 3 is 2.83 bits per heavy atom.